The van der Waals surface area contributed by atoms with Crippen LogP contribution in [0.3, 0.4) is 0 Å². The second-order valence-electron chi connectivity index (χ2n) is 4.01. The van der Waals surface area contributed by atoms with Crippen LogP contribution in [-0.2, 0) is 6.54 Å². The van der Waals surface area contributed by atoms with Crippen LogP contribution in [0.15, 0.2) is 15.9 Å². The van der Waals surface area contributed by atoms with Gasteiger partial charge < -0.3 is 15.0 Å². The van der Waals surface area contributed by atoms with Crippen LogP contribution in [0.5, 0.6) is 6.01 Å². The van der Waals surface area contributed by atoms with Gasteiger partial charge >= 0.3 is 6.01 Å². The van der Waals surface area contributed by atoms with Crippen molar-refractivity contribution < 1.29 is 4.74 Å². The van der Waals surface area contributed by atoms with Gasteiger partial charge in [-0.05, 0) is 28.9 Å². The topological polar surface area (TPSA) is 63.2 Å². The van der Waals surface area contributed by atoms with Crippen LogP contribution in [0.25, 0.3) is 0 Å². The fourth-order valence-corrected chi connectivity index (χ4v) is 3.07. The van der Waals surface area contributed by atoms with E-state index in [9.17, 15) is 0 Å². The lowest BCUT2D eigenvalue weighted by Crippen LogP contribution is -2.20. The summed E-state index contributed by atoms with van der Waals surface area (Å²) in [6.07, 6.45) is 0. The number of anilines is 2. The van der Waals surface area contributed by atoms with Crippen LogP contribution in [0.2, 0.25) is 0 Å². The first-order chi connectivity index (χ1) is 9.62. The Balaban J connectivity index is 2.19. The number of rotatable bonds is 6. The van der Waals surface area contributed by atoms with Gasteiger partial charge in [-0.15, -0.1) is 11.3 Å². The van der Waals surface area contributed by atoms with E-state index in [2.05, 4.69) is 47.6 Å². The van der Waals surface area contributed by atoms with Gasteiger partial charge in [0.05, 0.1) is 13.2 Å². The van der Waals surface area contributed by atoms with E-state index in [0.717, 1.165) is 11.0 Å². The first kappa shape index (κ1) is 15.0. The maximum atomic E-state index is 5.36. The highest BCUT2D eigenvalue weighted by Crippen LogP contribution is 2.22. The van der Waals surface area contributed by atoms with Gasteiger partial charge in [-0.2, -0.15) is 15.0 Å². The molecule has 0 aliphatic carbocycles. The minimum absolute atomic E-state index is 0.334. The van der Waals surface area contributed by atoms with Crippen LogP contribution in [-0.4, -0.2) is 35.7 Å². The van der Waals surface area contributed by atoms with Crippen molar-refractivity contribution in [3.05, 3.63) is 20.8 Å². The van der Waals surface area contributed by atoms with E-state index in [1.807, 2.05) is 18.9 Å². The van der Waals surface area contributed by atoms with E-state index in [-0.39, 0.29) is 0 Å². The summed E-state index contributed by atoms with van der Waals surface area (Å²) >= 11 is 5.14. The smallest absolute Gasteiger partial charge is 0.323 e. The molecule has 6 nitrogen and oxygen atoms in total. The Morgan fingerprint density at radius 2 is 2.20 bits per heavy atom. The van der Waals surface area contributed by atoms with E-state index in [1.54, 1.807) is 18.4 Å². The molecule has 2 aromatic rings. The van der Waals surface area contributed by atoms with Crippen LogP contribution >= 0.6 is 27.3 Å². The number of halogens is 1. The zero-order chi connectivity index (χ0) is 14.5. The standard InChI is InChI=1S/C12H16BrN5OS/c1-4-19-12-16-10(14-2)15-11(17-12)18(3)6-9-5-8(13)7-20-9/h5,7H,4,6H2,1-3H3,(H,14,15,16,17). The molecule has 0 saturated heterocycles. The number of nitrogens with zero attached hydrogens (tertiary/aromatic N) is 4. The summed E-state index contributed by atoms with van der Waals surface area (Å²) < 4.78 is 6.45. The van der Waals surface area contributed by atoms with Crippen LogP contribution in [0.4, 0.5) is 11.9 Å². The van der Waals surface area contributed by atoms with Crippen molar-refractivity contribution in [2.75, 3.05) is 30.9 Å². The Labute approximate surface area is 130 Å². The fraction of sp³-hybridized carbons (Fsp3) is 0.417. The predicted octanol–water partition coefficient (Wildman–Crippen LogP) is 2.77. The van der Waals surface area contributed by atoms with Gasteiger partial charge in [-0.3, -0.25) is 0 Å². The molecule has 1 N–H and O–H groups in total. The molecule has 0 atom stereocenters. The molecule has 0 aliphatic heterocycles. The number of nitrogens with one attached hydrogen (secondary N) is 1. The summed E-state index contributed by atoms with van der Waals surface area (Å²) in [6, 6.07) is 2.42. The van der Waals surface area contributed by atoms with Crippen molar-refractivity contribution in [1.82, 2.24) is 15.0 Å². The van der Waals surface area contributed by atoms with Gasteiger partial charge in [0, 0.05) is 28.8 Å². The summed E-state index contributed by atoms with van der Waals surface area (Å²) in [5.41, 5.74) is 0. The third kappa shape index (κ3) is 3.80. The second kappa shape index (κ2) is 6.85. The molecule has 8 heteroatoms. The third-order valence-electron chi connectivity index (χ3n) is 2.46. The minimum atomic E-state index is 0.334. The summed E-state index contributed by atoms with van der Waals surface area (Å²) in [5, 5.41) is 4.97. The molecule has 0 amide bonds. The normalized spacial score (nSPS) is 10.4. The van der Waals surface area contributed by atoms with Gasteiger partial charge in [-0.1, -0.05) is 0 Å². The molecule has 0 aliphatic rings. The summed E-state index contributed by atoms with van der Waals surface area (Å²) in [4.78, 5) is 16.0. The Bertz CT molecular complexity index is 577. The molecule has 2 heterocycles. The van der Waals surface area contributed by atoms with Crippen LogP contribution < -0.4 is 15.0 Å². The van der Waals surface area contributed by atoms with Crippen molar-refractivity contribution >= 4 is 39.2 Å². The number of aromatic nitrogens is 3. The summed E-state index contributed by atoms with van der Waals surface area (Å²) in [5.74, 6) is 1.08. The van der Waals surface area contributed by atoms with Crippen LogP contribution in [0, 0.1) is 0 Å². The number of thiophene rings is 1. The van der Waals surface area contributed by atoms with E-state index in [1.165, 1.54) is 4.88 Å². The highest BCUT2D eigenvalue weighted by atomic mass is 79.9. The number of hydrogen-bond donors (Lipinski definition) is 1. The van der Waals surface area contributed by atoms with Crippen molar-refractivity contribution in [1.29, 1.82) is 0 Å². The van der Waals surface area contributed by atoms with Crippen molar-refractivity contribution in [2.45, 2.75) is 13.5 Å². The maximum Gasteiger partial charge on any atom is 0.323 e. The summed E-state index contributed by atoms with van der Waals surface area (Å²) in [6.45, 7) is 3.15. The molecular weight excluding hydrogens is 342 g/mol. The molecule has 0 saturated carbocycles. The first-order valence-corrected chi connectivity index (χ1v) is 7.80. The average Bonchev–Trinajstić information content (AvgIpc) is 2.84. The molecule has 2 aromatic heterocycles. The van der Waals surface area contributed by atoms with Gasteiger partial charge in [0.15, 0.2) is 0 Å². The third-order valence-corrected chi connectivity index (χ3v) is 4.14. The Morgan fingerprint density at radius 1 is 1.40 bits per heavy atom. The van der Waals surface area contributed by atoms with E-state index in [4.69, 9.17) is 4.74 Å². The zero-order valence-electron chi connectivity index (χ0n) is 11.6. The Morgan fingerprint density at radius 3 is 2.80 bits per heavy atom. The lowest BCUT2D eigenvalue weighted by molar-refractivity contribution is 0.312. The van der Waals surface area contributed by atoms with E-state index in [0.29, 0.717) is 24.5 Å². The molecule has 108 valence electrons. The molecule has 0 radical (unpaired) electrons. The number of hydrogen-bond acceptors (Lipinski definition) is 7. The Hall–Kier alpha value is -1.41. The average molecular weight is 358 g/mol. The van der Waals surface area contributed by atoms with Crippen molar-refractivity contribution in [3.8, 4) is 6.01 Å². The fourth-order valence-electron chi connectivity index (χ4n) is 1.56. The van der Waals surface area contributed by atoms with Gasteiger partial charge in [0.2, 0.25) is 11.9 Å². The zero-order valence-corrected chi connectivity index (χ0v) is 14.0. The number of ether oxygens (including phenoxy) is 1. The predicted molar refractivity (Wildman–Crippen MR) is 84.7 cm³/mol. The highest BCUT2D eigenvalue weighted by Gasteiger charge is 2.11. The second-order valence-corrected chi connectivity index (χ2v) is 5.92. The highest BCUT2D eigenvalue weighted by molar-refractivity contribution is 9.10. The Kier molecular flexibility index (Phi) is 5.13. The van der Waals surface area contributed by atoms with E-state index >= 15 is 0 Å². The van der Waals surface area contributed by atoms with E-state index < -0.39 is 0 Å². The SMILES string of the molecule is CCOc1nc(NC)nc(N(C)Cc2cc(Br)cs2)n1. The summed E-state index contributed by atoms with van der Waals surface area (Å²) in [7, 11) is 3.71. The molecule has 0 fully saturated rings. The van der Waals surface area contributed by atoms with Crippen LogP contribution in [0.1, 0.15) is 11.8 Å². The molecule has 0 bridgehead atoms. The van der Waals surface area contributed by atoms with Gasteiger partial charge in [0.1, 0.15) is 0 Å². The first-order valence-electron chi connectivity index (χ1n) is 6.13. The molecule has 0 unspecified atom stereocenters. The molecule has 0 aromatic carbocycles. The van der Waals surface area contributed by atoms with Crippen molar-refractivity contribution in [2.24, 2.45) is 0 Å². The maximum absolute atomic E-state index is 5.36. The molecule has 20 heavy (non-hydrogen) atoms. The largest absolute Gasteiger partial charge is 0.464 e. The quantitative estimate of drug-likeness (QED) is 0.857. The minimum Gasteiger partial charge on any atom is -0.464 e. The van der Waals surface area contributed by atoms with Gasteiger partial charge in [0.25, 0.3) is 0 Å². The lowest BCUT2D eigenvalue weighted by atomic mass is 10.4. The van der Waals surface area contributed by atoms with Crippen molar-refractivity contribution in [3.63, 3.8) is 0 Å². The monoisotopic (exact) mass is 357 g/mol. The lowest BCUT2D eigenvalue weighted by Gasteiger charge is -2.17. The molecule has 2 rings (SSSR count). The van der Waals surface area contributed by atoms with Gasteiger partial charge in [-0.25, -0.2) is 0 Å². The molecule has 0 spiro atoms. The molecular formula is C12H16BrN5OS.